The van der Waals surface area contributed by atoms with Gasteiger partial charge >= 0.3 is 0 Å². The van der Waals surface area contributed by atoms with Crippen LogP contribution in [0.3, 0.4) is 0 Å². The Morgan fingerprint density at radius 3 is 2.52 bits per heavy atom. The van der Waals surface area contributed by atoms with E-state index in [1.54, 1.807) is 11.3 Å². The summed E-state index contributed by atoms with van der Waals surface area (Å²) in [7, 11) is 0. The van der Waals surface area contributed by atoms with E-state index in [0.717, 1.165) is 38.6 Å². The number of hydrogen-bond donors (Lipinski definition) is 1. The van der Waals surface area contributed by atoms with Gasteiger partial charge in [-0.15, -0.1) is 0 Å². The molecule has 146 valence electrons. The molecule has 1 unspecified atom stereocenters. The highest BCUT2D eigenvalue weighted by atomic mass is 15.3. The minimum Gasteiger partial charge on any atom is -0.370 e. The van der Waals surface area contributed by atoms with Crippen LogP contribution in [0.25, 0.3) is 0 Å². The Bertz CT molecular complexity index is 400. The van der Waals surface area contributed by atoms with Gasteiger partial charge in [-0.05, 0) is 49.8 Å². The lowest BCUT2D eigenvalue weighted by Gasteiger charge is -2.39. The third-order valence-corrected chi connectivity index (χ3v) is 5.46. The van der Waals surface area contributed by atoms with E-state index in [9.17, 15) is 0 Å². The molecule has 1 saturated heterocycles. The van der Waals surface area contributed by atoms with Crippen LogP contribution >= 0.6 is 0 Å². The molecule has 0 radical (unpaired) electrons. The fourth-order valence-corrected chi connectivity index (χ4v) is 3.78. The quantitative estimate of drug-likeness (QED) is 0.495. The Morgan fingerprint density at radius 1 is 1.12 bits per heavy atom. The van der Waals surface area contributed by atoms with Crippen LogP contribution in [-0.2, 0) is 0 Å². The number of rotatable bonds is 12. The normalized spacial score (nSPS) is 18.9. The van der Waals surface area contributed by atoms with Crippen LogP contribution in [0.4, 0.5) is 0 Å². The van der Waals surface area contributed by atoms with Gasteiger partial charge < -0.3 is 15.5 Å². The van der Waals surface area contributed by atoms with Crippen molar-refractivity contribution in [3.05, 3.63) is 23.5 Å². The Kier molecular flexibility index (Phi) is 11.7. The number of hydrogen-bond acceptors (Lipinski definition) is 3. The van der Waals surface area contributed by atoms with E-state index < -0.39 is 0 Å². The van der Waals surface area contributed by atoms with Crippen LogP contribution < -0.4 is 5.73 Å². The molecular formula is C22H43N3. The smallest absolute Gasteiger partial charge is 0.0573 e. The third-order valence-electron chi connectivity index (χ3n) is 5.46. The fourth-order valence-electron chi connectivity index (χ4n) is 3.78. The second kappa shape index (κ2) is 13.3. The van der Waals surface area contributed by atoms with Crippen molar-refractivity contribution < 1.29 is 0 Å². The van der Waals surface area contributed by atoms with Crippen molar-refractivity contribution in [2.45, 2.75) is 79.1 Å². The van der Waals surface area contributed by atoms with Crippen LogP contribution in [-0.4, -0.2) is 42.5 Å². The van der Waals surface area contributed by atoms with Gasteiger partial charge in [-0.2, -0.15) is 0 Å². The largest absolute Gasteiger partial charge is 0.370 e. The highest BCUT2D eigenvalue weighted by Gasteiger charge is 2.21. The summed E-state index contributed by atoms with van der Waals surface area (Å²) >= 11 is 0. The molecule has 25 heavy (non-hydrogen) atoms. The van der Waals surface area contributed by atoms with E-state index in [-0.39, 0.29) is 0 Å². The summed E-state index contributed by atoms with van der Waals surface area (Å²) in [5, 5.41) is 0. The Balaban J connectivity index is 2.83. The van der Waals surface area contributed by atoms with Crippen LogP contribution in [0, 0.1) is 5.92 Å². The van der Waals surface area contributed by atoms with Crippen LogP contribution in [0.2, 0.25) is 0 Å². The SMILES string of the molecule is CCCCCC(CC)=C1CN(C=CC(CC)CCC)CCN1CCN. The van der Waals surface area contributed by atoms with Gasteiger partial charge in [-0.25, -0.2) is 0 Å². The van der Waals surface area contributed by atoms with Gasteiger partial charge in [0.25, 0.3) is 0 Å². The number of nitrogens with two attached hydrogens (primary N) is 1. The van der Waals surface area contributed by atoms with E-state index in [1.807, 2.05) is 0 Å². The second-order valence-electron chi connectivity index (χ2n) is 7.41. The number of piperazine rings is 1. The molecule has 0 saturated carbocycles. The molecule has 1 atom stereocenters. The van der Waals surface area contributed by atoms with Gasteiger partial charge in [0.05, 0.1) is 6.54 Å². The molecule has 1 aliphatic heterocycles. The Hall–Kier alpha value is -0.960. The molecule has 2 N–H and O–H groups in total. The van der Waals surface area contributed by atoms with Crippen molar-refractivity contribution in [3.8, 4) is 0 Å². The average Bonchev–Trinajstić information content (AvgIpc) is 2.63. The summed E-state index contributed by atoms with van der Waals surface area (Å²) in [5.41, 5.74) is 9.09. The molecule has 0 aliphatic carbocycles. The predicted octanol–water partition coefficient (Wildman–Crippen LogP) is 5.15. The third kappa shape index (κ3) is 7.85. The Labute approximate surface area is 157 Å². The first kappa shape index (κ1) is 22.1. The van der Waals surface area contributed by atoms with Gasteiger partial charge in [0.2, 0.25) is 0 Å². The van der Waals surface area contributed by atoms with Crippen molar-refractivity contribution in [2.24, 2.45) is 11.7 Å². The first-order valence-electron chi connectivity index (χ1n) is 10.8. The number of nitrogens with zero attached hydrogens (tertiary/aromatic N) is 2. The van der Waals surface area contributed by atoms with E-state index in [1.165, 1.54) is 51.4 Å². The van der Waals surface area contributed by atoms with Crippen molar-refractivity contribution in [1.29, 1.82) is 0 Å². The lowest BCUT2D eigenvalue weighted by molar-refractivity contribution is 0.219. The van der Waals surface area contributed by atoms with E-state index in [4.69, 9.17) is 5.73 Å². The van der Waals surface area contributed by atoms with Gasteiger partial charge in [0, 0.05) is 31.9 Å². The molecule has 0 aromatic rings. The summed E-state index contributed by atoms with van der Waals surface area (Å²) in [4.78, 5) is 5.08. The Morgan fingerprint density at radius 2 is 1.92 bits per heavy atom. The molecule has 0 bridgehead atoms. The maximum atomic E-state index is 5.88. The van der Waals surface area contributed by atoms with E-state index in [0.29, 0.717) is 0 Å². The minimum atomic E-state index is 0.731. The maximum Gasteiger partial charge on any atom is 0.0573 e. The second-order valence-corrected chi connectivity index (χ2v) is 7.41. The molecule has 0 spiro atoms. The van der Waals surface area contributed by atoms with Crippen molar-refractivity contribution in [2.75, 3.05) is 32.7 Å². The van der Waals surface area contributed by atoms with Crippen LogP contribution in [0.15, 0.2) is 23.5 Å². The molecular weight excluding hydrogens is 306 g/mol. The monoisotopic (exact) mass is 349 g/mol. The molecule has 1 aliphatic rings. The summed E-state index contributed by atoms with van der Waals surface area (Å²) in [6.07, 6.45) is 15.0. The predicted molar refractivity (Wildman–Crippen MR) is 111 cm³/mol. The van der Waals surface area contributed by atoms with E-state index in [2.05, 4.69) is 49.8 Å². The van der Waals surface area contributed by atoms with E-state index >= 15 is 0 Å². The van der Waals surface area contributed by atoms with Gasteiger partial charge in [0.15, 0.2) is 0 Å². The lowest BCUT2D eigenvalue weighted by Crippen LogP contribution is -2.44. The van der Waals surface area contributed by atoms with Crippen LogP contribution in [0.5, 0.6) is 0 Å². The van der Waals surface area contributed by atoms with Crippen molar-refractivity contribution in [1.82, 2.24) is 9.80 Å². The highest BCUT2D eigenvalue weighted by molar-refractivity contribution is 5.18. The summed E-state index contributed by atoms with van der Waals surface area (Å²) in [6, 6.07) is 0. The molecule has 0 amide bonds. The first-order valence-corrected chi connectivity index (χ1v) is 10.8. The zero-order chi connectivity index (χ0) is 18.5. The summed E-state index contributed by atoms with van der Waals surface area (Å²) in [6.45, 7) is 14.2. The average molecular weight is 350 g/mol. The molecule has 3 heteroatoms. The molecule has 3 nitrogen and oxygen atoms in total. The molecule has 1 fully saturated rings. The van der Waals surface area contributed by atoms with Gasteiger partial charge in [-0.1, -0.05) is 53.0 Å². The number of unbranched alkanes of at least 4 members (excludes halogenated alkanes) is 2. The van der Waals surface area contributed by atoms with Crippen LogP contribution in [0.1, 0.15) is 79.1 Å². The summed E-state index contributed by atoms with van der Waals surface area (Å²) in [5.74, 6) is 0.731. The molecule has 1 rings (SSSR count). The maximum absolute atomic E-state index is 5.88. The zero-order valence-corrected chi connectivity index (χ0v) is 17.4. The fraction of sp³-hybridized carbons (Fsp3) is 0.818. The molecule has 1 heterocycles. The summed E-state index contributed by atoms with van der Waals surface area (Å²) < 4.78 is 0. The van der Waals surface area contributed by atoms with Crippen molar-refractivity contribution in [3.63, 3.8) is 0 Å². The topological polar surface area (TPSA) is 32.5 Å². The highest BCUT2D eigenvalue weighted by Crippen LogP contribution is 2.24. The standard InChI is InChI=1S/C22H43N3/c1-5-9-10-12-21(8-4)22-19-24(17-18-25(22)16-14-23)15-13-20(7-3)11-6-2/h13,15,20H,5-12,14,16-19,23H2,1-4H3. The molecule has 0 aromatic carbocycles. The minimum absolute atomic E-state index is 0.731. The lowest BCUT2D eigenvalue weighted by atomic mass is 10.00. The van der Waals surface area contributed by atoms with Gasteiger partial charge in [-0.3, -0.25) is 0 Å². The molecule has 0 aromatic heterocycles. The van der Waals surface area contributed by atoms with Gasteiger partial charge in [0.1, 0.15) is 0 Å². The zero-order valence-electron chi connectivity index (χ0n) is 17.4. The van der Waals surface area contributed by atoms with Crippen molar-refractivity contribution >= 4 is 0 Å². The first-order chi connectivity index (χ1) is 12.2. The number of allylic oxidation sites excluding steroid dienone is 2.